The van der Waals surface area contributed by atoms with Gasteiger partial charge in [0.15, 0.2) is 0 Å². The fraction of sp³-hybridized carbons (Fsp3) is 0.357. The van der Waals surface area contributed by atoms with Gasteiger partial charge < -0.3 is 10.6 Å². The quantitative estimate of drug-likeness (QED) is 0.915. The highest BCUT2D eigenvalue weighted by molar-refractivity contribution is 5.97. The summed E-state index contributed by atoms with van der Waals surface area (Å²) in [4.78, 5) is 18.1. The molecule has 0 unspecified atom stereocenters. The van der Waals surface area contributed by atoms with E-state index >= 15 is 0 Å². The number of nitrogens with zero attached hydrogens (tertiary/aromatic N) is 4. The largest absolute Gasteiger partial charge is 0.395 e. The van der Waals surface area contributed by atoms with Crippen molar-refractivity contribution < 1.29 is 4.79 Å². The Morgan fingerprint density at radius 3 is 2.65 bits per heavy atom. The summed E-state index contributed by atoms with van der Waals surface area (Å²) in [6.45, 7) is 4.86. The molecule has 0 saturated heterocycles. The molecule has 2 N–H and O–H groups in total. The number of hydrogen-bond acceptors (Lipinski definition) is 4. The Labute approximate surface area is 118 Å². The molecule has 6 heteroatoms. The van der Waals surface area contributed by atoms with Crippen LogP contribution in [0.5, 0.6) is 0 Å². The molecule has 0 atom stereocenters. The normalized spacial score (nSPS) is 10.6. The van der Waals surface area contributed by atoms with E-state index in [4.69, 9.17) is 5.73 Å². The van der Waals surface area contributed by atoms with Crippen molar-refractivity contribution in [2.75, 3.05) is 12.8 Å². The van der Waals surface area contributed by atoms with Crippen LogP contribution in [0, 0.1) is 6.92 Å². The van der Waals surface area contributed by atoms with Crippen molar-refractivity contribution in [1.29, 1.82) is 0 Å². The van der Waals surface area contributed by atoms with Gasteiger partial charge >= 0.3 is 0 Å². The summed E-state index contributed by atoms with van der Waals surface area (Å²) in [5.74, 6) is -0.123. The SMILES string of the molecule is CCn1nc(C)c(N)c1C(=O)N(C)Cc1ccncc1. The number of pyridine rings is 1. The van der Waals surface area contributed by atoms with Gasteiger partial charge in [-0.2, -0.15) is 5.10 Å². The Hall–Kier alpha value is -2.37. The molecule has 6 nitrogen and oxygen atoms in total. The van der Waals surface area contributed by atoms with E-state index in [9.17, 15) is 4.79 Å². The topological polar surface area (TPSA) is 77.0 Å². The lowest BCUT2D eigenvalue weighted by Gasteiger charge is -2.18. The van der Waals surface area contributed by atoms with Crippen LogP contribution in [0.2, 0.25) is 0 Å². The number of aryl methyl sites for hydroxylation is 2. The molecule has 0 aliphatic carbocycles. The number of amides is 1. The smallest absolute Gasteiger partial charge is 0.274 e. The van der Waals surface area contributed by atoms with Crippen LogP contribution in [0.3, 0.4) is 0 Å². The van der Waals surface area contributed by atoms with E-state index < -0.39 is 0 Å². The maximum atomic E-state index is 12.5. The zero-order valence-corrected chi connectivity index (χ0v) is 12.0. The van der Waals surface area contributed by atoms with Gasteiger partial charge in [0, 0.05) is 32.5 Å². The third-order valence-corrected chi connectivity index (χ3v) is 3.19. The van der Waals surface area contributed by atoms with Gasteiger partial charge in [-0.05, 0) is 31.5 Å². The van der Waals surface area contributed by atoms with Gasteiger partial charge in [-0.1, -0.05) is 0 Å². The van der Waals surface area contributed by atoms with Crippen LogP contribution in [-0.4, -0.2) is 32.6 Å². The molecule has 0 bridgehead atoms. The lowest BCUT2D eigenvalue weighted by Crippen LogP contribution is -2.29. The Morgan fingerprint density at radius 1 is 1.40 bits per heavy atom. The van der Waals surface area contributed by atoms with E-state index in [2.05, 4.69) is 10.1 Å². The lowest BCUT2D eigenvalue weighted by molar-refractivity contribution is 0.0774. The summed E-state index contributed by atoms with van der Waals surface area (Å²) in [7, 11) is 1.75. The first-order valence-electron chi connectivity index (χ1n) is 6.51. The number of anilines is 1. The molecule has 0 fully saturated rings. The molecule has 0 aromatic carbocycles. The lowest BCUT2D eigenvalue weighted by atomic mass is 10.2. The molecule has 2 heterocycles. The number of rotatable bonds is 4. The Kier molecular flexibility index (Phi) is 4.02. The van der Waals surface area contributed by atoms with Crippen LogP contribution >= 0.6 is 0 Å². The number of hydrogen-bond donors (Lipinski definition) is 1. The second-order valence-electron chi connectivity index (χ2n) is 4.68. The summed E-state index contributed by atoms with van der Waals surface area (Å²) in [6, 6.07) is 3.77. The monoisotopic (exact) mass is 273 g/mol. The molecular weight excluding hydrogens is 254 g/mol. The van der Waals surface area contributed by atoms with Crippen molar-refractivity contribution in [1.82, 2.24) is 19.7 Å². The number of aromatic nitrogens is 3. The molecule has 2 aromatic heterocycles. The first kappa shape index (κ1) is 14.0. The predicted molar refractivity (Wildman–Crippen MR) is 77.1 cm³/mol. The summed E-state index contributed by atoms with van der Waals surface area (Å²) in [5, 5.41) is 4.27. The minimum Gasteiger partial charge on any atom is -0.395 e. The van der Waals surface area contributed by atoms with Crippen LogP contribution in [0.25, 0.3) is 0 Å². The van der Waals surface area contributed by atoms with Crippen molar-refractivity contribution in [2.24, 2.45) is 0 Å². The molecule has 0 saturated carbocycles. The number of nitrogen functional groups attached to an aromatic ring is 1. The maximum Gasteiger partial charge on any atom is 0.274 e. The molecule has 1 amide bonds. The van der Waals surface area contributed by atoms with Gasteiger partial charge in [-0.25, -0.2) is 0 Å². The molecule has 20 heavy (non-hydrogen) atoms. The third-order valence-electron chi connectivity index (χ3n) is 3.19. The van der Waals surface area contributed by atoms with Gasteiger partial charge in [-0.3, -0.25) is 14.5 Å². The second-order valence-corrected chi connectivity index (χ2v) is 4.68. The first-order chi connectivity index (χ1) is 9.54. The van der Waals surface area contributed by atoms with Gasteiger partial charge in [0.2, 0.25) is 0 Å². The van der Waals surface area contributed by atoms with Crippen LogP contribution in [0.1, 0.15) is 28.7 Å². The molecule has 0 radical (unpaired) electrons. The molecule has 0 aliphatic rings. The van der Waals surface area contributed by atoms with E-state index in [0.29, 0.717) is 30.2 Å². The van der Waals surface area contributed by atoms with Crippen LogP contribution < -0.4 is 5.73 Å². The minimum absolute atomic E-state index is 0.123. The van der Waals surface area contributed by atoms with Crippen molar-refractivity contribution in [3.8, 4) is 0 Å². The fourth-order valence-corrected chi connectivity index (χ4v) is 2.06. The van der Waals surface area contributed by atoms with E-state index in [1.54, 1.807) is 35.9 Å². The van der Waals surface area contributed by atoms with Gasteiger partial charge in [0.1, 0.15) is 5.69 Å². The summed E-state index contributed by atoms with van der Waals surface area (Å²) < 4.78 is 1.65. The molecule has 0 aliphatic heterocycles. The average molecular weight is 273 g/mol. The van der Waals surface area contributed by atoms with Crippen LogP contribution in [0.15, 0.2) is 24.5 Å². The van der Waals surface area contributed by atoms with Crippen LogP contribution in [-0.2, 0) is 13.1 Å². The predicted octanol–water partition coefficient (Wildman–Crippen LogP) is 1.46. The van der Waals surface area contributed by atoms with Crippen molar-refractivity contribution in [3.63, 3.8) is 0 Å². The number of nitrogens with two attached hydrogens (primary N) is 1. The zero-order valence-electron chi connectivity index (χ0n) is 12.0. The van der Waals surface area contributed by atoms with E-state index in [0.717, 1.165) is 5.56 Å². The number of carbonyl (C=O) groups excluding carboxylic acids is 1. The highest BCUT2D eigenvalue weighted by Gasteiger charge is 2.22. The van der Waals surface area contributed by atoms with E-state index in [1.165, 1.54) is 0 Å². The molecular formula is C14H19N5O. The standard InChI is InChI=1S/C14H19N5O/c1-4-19-13(12(15)10(2)17-19)14(20)18(3)9-11-5-7-16-8-6-11/h5-8H,4,9,15H2,1-3H3. The van der Waals surface area contributed by atoms with E-state index in [1.807, 2.05) is 19.1 Å². The Morgan fingerprint density at radius 2 is 2.05 bits per heavy atom. The Bertz CT molecular complexity index is 606. The number of carbonyl (C=O) groups is 1. The van der Waals surface area contributed by atoms with Gasteiger partial charge in [0.05, 0.1) is 11.4 Å². The molecule has 106 valence electrons. The summed E-state index contributed by atoms with van der Waals surface area (Å²) in [5.41, 5.74) is 8.60. The summed E-state index contributed by atoms with van der Waals surface area (Å²) in [6.07, 6.45) is 3.42. The average Bonchev–Trinajstić information content (AvgIpc) is 2.74. The van der Waals surface area contributed by atoms with Crippen molar-refractivity contribution in [2.45, 2.75) is 26.9 Å². The van der Waals surface area contributed by atoms with Crippen molar-refractivity contribution >= 4 is 11.6 Å². The molecule has 2 rings (SSSR count). The highest BCUT2D eigenvalue weighted by Crippen LogP contribution is 2.18. The highest BCUT2D eigenvalue weighted by atomic mass is 16.2. The minimum atomic E-state index is -0.123. The van der Waals surface area contributed by atoms with Gasteiger partial charge in [0.25, 0.3) is 5.91 Å². The van der Waals surface area contributed by atoms with E-state index in [-0.39, 0.29) is 5.91 Å². The first-order valence-corrected chi connectivity index (χ1v) is 6.51. The van der Waals surface area contributed by atoms with Crippen LogP contribution in [0.4, 0.5) is 5.69 Å². The fourth-order valence-electron chi connectivity index (χ4n) is 2.06. The third kappa shape index (κ3) is 2.64. The van der Waals surface area contributed by atoms with Gasteiger partial charge in [-0.15, -0.1) is 0 Å². The molecule has 0 spiro atoms. The van der Waals surface area contributed by atoms with Crippen molar-refractivity contribution in [3.05, 3.63) is 41.5 Å². The summed E-state index contributed by atoms with van der Waals surface area (Å²) >= 11 is 0. The zero-order chi connectivity index (χ0) is 14.7. The maximum absolute atomic E-state index is 12.5. The second kappa shape index (κ2) is 5.73. The Balaban J connectivity index is 2.23. The molecule has 2 aromatic rings.